The zero-order chi connectivity index (χ0) is 25.7. The van der Waals surface area contributed by atoms with Crippen molar-refractivity contribution < 1.29 is 24.3 Å². The number of carbonyl (C=O) groups excluding carboxylic acids is 1. The summed E-state index contributed by atoms with van der Waals surface area (Å²) in [6.45, 7) is 10.2. The molecule has 1 aromatic carbocycles. The van der Waals surface area contributed by atoms with Crippen molar-refractivity contribution >= 4 is 5.91 Å². The van der Waals surface area contributed by atoms with Gasteiger partial charge in [0.1, 0.15) is 24.2 Å². The molecule has 2 heterocycles. The van der Waals surface area contributed by atoms with Crippen LogP contribution in [0.1, 0.15) is 49.4 Å². The van der Waals surface area contributed by atoms with E-state index >= 15 is 0 Å². The Morgan fingerprint density at radius 1 is 1.14 bits per heavy atom. The van der Waals surface area contributed by atoms with Crippen molar-refractivity contribution in [1.29, 1.82) is 0 Å². The Bertz CT molecular complexity index is 1170. The highest BCUT2D eigenvalue weighted by atomic mass is 16.5. The molecule has 4 N–H and O–H groups in total. The van der Waals surface area contributed by atoms with Gasteiger partial charge >= 0.3 is 0 Å². The van der Waals surface area contributed by atoms with Gasteiger partial charge < -0.3 is 25.2 Å². The molecular formula is C26H34N4O5. The van der Waals surface area contributed by atoms with Crippen LogP contribution in [0.15, 0.2) is 28.9 Å². The topological polar surface area (TPSA) is 145 Å². The second-order valence-electron chi connectivity index (χ2n) is 9.27. The van der Waals surface area contributed by atoms with Crippen LogP contribution in [0.2, 0.25) is 0 Å². The van der Waals surface area contributed by atoms with Crippen molar-refractivity contribution in [2.75, 3.05) is 6.61 Å². The van der Waals surface area contributed by atoms with Gasteiger partial charge in [-0.1, -0.05) is 25.9 Å². The van der Waals surface area contributed by atoms with Crippen molar-refractivity contribution in [1.82, 2.24) is 15.1 Å². The van der Waals surface area contributed by atoms with Crippen LogP contribution in [0, 0.1) is 19.8 Å². The molecule has 0 bridgehead atoms. The van der Waals surface area contributed by atoms with E-state index < -0.39 is 18.1 Å². The van der Waals surface area contributed by atoms with Gasteiger partial charge in [-0.3, -0.25) is 9.78 Å². The number of nitrogens with two attached hydrogens (primary N) is 1. The van der Waals surface area contributed by atoms with E-state index in [1.165, 1.54) is 5.56 Å². The van der Waals surface area contributed by atoms with Crippen LogP contribution >= 0.6 is 0 Å². The number of pyridine rings is 1. The Balaban J connectivity index is 1.79. The van der Waals surface area contributed by atoms with Crippen LogP contribution in [-0.4, -0.2) is 50.1 Å². The molecule has 0 fully saturated rings. The Hall–Kier alpha value is -3.30. The summed E-state index contributed by atoms with van der Waals surface area (Å²) in [4.78, 5) is 20.1. The number of aryl methyl sites for hydroxylation is 3. The number of hydrogen-bond donors (Lipinski definition) is 3. The molecule has 0 aliphatic heterocycles. The molecular weight excluding hydrogens is 448 g/mol. The zero-order valence-electron chi connectivity index (χ0n) is 20.9. The molecule has 2 atom stereocenters. The van der Waals surface area contributed by atoms with Crippen molar-refractivity contribution in [2.45, 2.75) is 66.1 Å². The van der Waals surface area contributed by atoms with E-state index in [1.54, 1.807) is 0 Å². The second kappa shape index (κ2) is 11.4. The van der Waals surface area contributed by atoms with Crippen LogP contribution in [0.5, 0.6) is 5.75 Å². The molecule has 0 aliphatic carbocycles. The first-order chi connectivity index (χ1) is 16.6. The van der Waals surface area contributed by atoms with Gasteiger partial charge in [0.25, 0.3) is 5.89 Å². The van der Waals surface area contributed by atoms with Gasteiger partial charge in [0, 0.05) is 18.2 Å². The maximum Gasteiger partial charge on any atom is 0.276 e. The number of nitrogens with zero attached hydrogens (tertiary/aromatic N) is 3. The highest BCUT2D eigenvalue weighted by Gasteiger charge is 2.20. The first kappa shape index (κ1) is 26.3. The molecule has 188 valence electrons. The third-order valence-corrected chi connectivity index (χ3v) is 5.73. The van der Waals surface area contributed by atoms with Gasteiger partial charge in [0.05, 0.1) is 6.10 Å². The van der Waals surface area contributed by atoms with Crippen LogP contribution in [0.4, 0.5) is 0 Å². The Kier molecular flexibility index (Phi) is 8.58. The van der Waals surface area contributed by atoms with E-state index in [-0.39, 0.29) is 13.0 Å². The summed E-state index contributed by atoms with van der Waals surface area (Å²) in [6, 6.07) is 5.78. The highest BCUT2D eigenvalue weighted by Crippen LogP contribution is 2.31. The normalized spacial score (nSPS) is 13.1. The molecule has 0 spiro atoms. The van der Waals surface area contributed by atoms with Gasteiger partial charge in [-0.05, 0) is 73.1 Å². The van der Waals surface area contributed by atoms with Crippen LogP contribution < -0.4 is 10.5 Å². The number of aromatic nitrogens is 3. The first-order valence-electron chi connectivity index (χ1n) is 11.8. The molecule has 1 amide bonds. The summed E-state index contributed by atoms with van der Waals surface area (Å²) >= 11 is 0. The lowest BCUT2D eigenvalue weighted by Gasteiger charge is -2.18. The van der Waals surface area contributed by atoms with Crippen LogP contribution in [0.3, 0.4) is 0 Å². The lowest BCUT2D eigenvalue weighted by molar-refractivity contribution is -0.127. The van der Waals surface area contributed by atoms with Crippen LogP contribution in [-0.2, 0) is 17.6 Å². The summed E-state index contributed by atoms with van der Waals surface area (Å²) < 4.78 is 11.3. The number of aliphatic hydroxyl groups excluding tert-OH is 2. The fourth-order valence-electron chi connectivity index (χ4n) is 3.87. The molecule has 0 aliphatic rings. The number of aliphatic hydroxyl groups is 2. The van der Waals surface area contributed by atoms with Gasteiger partial charge in [0.2, 0.25) is 11.7 Å². The molecule has 1 unspecified atom stereocenters. The Morgan fingerprint density at radius 3 is 2.51 bits per heavy atom. The molecule has 0 radical (unpaired) electrons. The molecule has 9 nitrogen and oxygen atoms in total. The summed E-state index contributed by atoms with van der Waals surface area (Å²) in [5.41, 5.74) is 10.5. The zero-order valence-corrected chi connectivity index (χ0v) is 20.9. The first-order valence-corrected chi connectivity index (χ1v) is 11.8. The second-order valence-corrected chi connectivity index (χ2v) is 9.27. The average Bonchev–Trinajstić information content (AvgIpc) is 3.29. The quantitative estimate of drug-likeness (QED) is 0.378. The summed E-state index contributed by atoms with van der Waals surface area (Å²) in [5.74, 6) is 1.09. The maximum atomic E-state index is 11.0. The molecule has 2 aromatic heterocycles. The maximum absolute atomic E-state index is 11.0. The minimum atomic E-state index is -1.42. The number of amides is 1. The molecule has 3 aromatic rings. The van der Waals surface area contributed by atoms with Gasteiger partial charge in [0.15, 0.2) is 0 Å². The summed E-state index contributed by atoms with van der Waals surface area (Å²) in [7, 11) is 0. The van der Waals surface area contributed by atoms with Crippen LogP contribution in [0.25, 0.3) is 23.0 Å². The number of carbonyl (C=O) groups is 1. The summed E-state index contributed by atoms with van der Waals surface area (Å²) in [5, 5.41) is 23.8. The molecule has 0 saturated carbocycles. The smallest absolute Gasteiger partial charge is 0.276 e. The third-order valence-electron chi connectivity index (χ3n) is 5.73. The minimum Gasteiger partial charge on any atom is -0.490 e. The van der Waals surface area contributed by atoms with Crippen molar-refractivity contribution in [3.63, 3.8) is 0 Å². The largest absolute Gasteiger partial charge is 0.490 e. The third kappa shape index (κ3) is 6.64. The van der Waals surface area contributed by atoms with E-state index in [0.717, 1.165) is 28.7 Å². The molecule has 3 rings (SSSR count). The minimum absolute atomic E-state index is 0.0816. The number of ether oxygens (including phenoxy) is 1. The molecule has 0 saturated heterocycles. The predicted octanol–water partition coefficient (Wildman–Crippen LogP) is 3.15. The number of benzene rings is 1. The van der Waals surface area contributed by atoms with E-state index in [0.29, 0.717) is 35.5 Å². The van der Waals surface area contributed by atoms with Gasteiger partial charge in [-0.25, -0.2) is 0 Å². The predicted molar refractivity (Wildman–Crippen MR) is 132 cm³/mol. The lowest BCUT2D eigenvalue weighted by Crippen LogP contribution is -2.33. The number of primary amides is 1. The van der Waals surface area contributed by atoms with Crippen molar-refractivity contribution in [3.05, 3.63) is 46.6 Å². The Morgan fingerprint density at radius 2 is 1.89 bits per heavy atom. The van der Waals surface area contributed by atoms with E-state index in [9.17, 15) is 15.0 Å². The fourth-order valence-corrected chi connectivity index (χ4v) is 3.87. The standard InChI is InChI=1S/C26H34N4O5/c1-6-17-10-18(8-16(5)23(17)34-13-20(31)11-22(32)24(27)33)25-29-26(35-30-25)21-9-15(4)19(12-28-21)7-14(2)3/h8-10,12,14,20,22,31-32H,6-7,11,13H2,1-5H3,(H2,27,33)/t20-,22?/m0/s1. The fraction of sp³-hybridized carbons (Fsp3) is 0.462. The SMILES string of the molecule is CCc1cc(-c2noc(-c3cc(C)c(CC(C)C)cn3)n2)cc(C)c1OC[C@@H](O)CC(O)C(N)=O. The summed E-state index contributed by atoms with van der Waals surface area (Å²) in [6.07, 6.45) is 0.864. The number of hydrogen-bond acceptors (Lipinski definition) is 8. The van der Waals surface area contributed by atoms with Crippen molar-refractivity contribution in [3.8, 4) is 28.7 Å². The average molecular weight is 483 g/mol. The Labute approximate surface area is 205 Å². The highest BCUT2D eigenvalue weighted by molar-refractivity contribution is 5.78. The van der Waals surface area contributed by atoms with E-state index in [1.807, 2.05) is 38.2 Å². The van der Waals surface area contributed by atoms with Crippen molar-refractivity contribution in [2.24, 2.45) is 11.7 Å². The lowest BCUT2D eigenvalue weighted by atomic mass is 10.0. The molecule has 9 heteroatoms. The van der Waals surface area contributed by atoms with Gasteiger partial charge in [-0.15, -0.1) is 0 Å². The van der Waals surface area contributed by atoms with E-state index in [4.69, 9.17) is 15.0 Å². The number of rotatable bonds is 11. The monoisotopic (exact) mass is 482 g/mol. The van der Waals surface area contributed by atoms with E-state index in [2.05, 4.69) is 35.9 Å². The molecule has 35 heavy (non-hydrogen) atoms. The van der Waals surface area contributed by atoms with Gasteiger partial charge in [-0.2, -0.15) is 4.98 Å².